The predicted molar refractivity (Wildman–Crippen MR) is 114 cm³/mol. The molecule has 0 aliphatic carbocycles. The van der Waals surface area contributed by atoms with Gasteiger partial charge >= 0.3 is 0 Å². The topological polar surface area (TPSA) is 81.0 Å². The Bertz CT molecular complexity index is 1470. The number of nitrogens with one attached hydrogen (secondary N) is 3. The van der Waals surface area contributed by atoms with Crippen molar-refractivity contribution in [2.24, 2.45) is 0 Å². The van der Waals surface area contributed by atoms with Gasteiger partial charge in [0, 0.05) is 42.3 Å². The van der Waals surface area contributed by atoms with Crippen molar-refractivity contribution in [3.05, 3.63) is 80.7 Å². The predicted octanol–water partition coefficient (Wildman–Crippen LogP) is 3.65. The highest BCUT2D eigenvalue weighted by Crippen LogP contribution is 2.33. The SMILES string of the molecule is Cc1cc(F)cc2[nH]c(C(=O)N(C)[C@@H]3CNCc4[nH]c(=O)c5cc(F)c(F)cc5c43)cc12. The Morgan fingerprint density at radius 3 is 2.47 bits per heavy atom. The molecule has 1 aliphatic heterocycles. The van der Waals surface area contributed by atoms with Crippen LogP contribution < -0.4 is 10.9 Å². The Hall–Kier alpha value is -3.59. The van der Waals surface area contributed by atoms with Gasteiger partial charge in [0.1, 0.15) is 11.5 Å². The van der Waals surface area contributed by atoms with Crippen LogP contribution >= 0.6 is 0 Å². The number of likely N-dealkylation sites (N-methyl/N-ethyl adjacent to an activating group) is 1. The summed E-state index contributed by atoms with van der Waals surface area (Å²) in [6, 6.07) is 5.71. The first kappa shape index (κ1) is 20.3. The lowest BCUT2D eigenvalue weighted by molar-refractivity contribution is 0.0718. The minimum Gasteiger partial charge on any atom is -0.350 e. The van der Waals surface area contributed by atoms with Crippen molar-refractivity contribution in [3.63, 3.8) is 0 Å². The summed E-state index contributed by atoms with van der Waals surface area (Å²) in [6.07, 6.45) is 0. The van der Waals surface area contributed by atoms with Gasteiger partial charge in [-0.25, -0.2) is 13.2 Å². The molecule has 32 heavy (non-hydrogen) atoms. The van der Waals surface area contributed by atoms with Gasteiger partial charge in [-0.15, -0.1) is 0 Å². The number of fused-ring (bicyclic) bond motifs is 4. The van der Waals surface area contributed by atoms with Crippen LogP contribution in [0.3, 0.4) is 0 Å². The fourth-order valence-corrected chi connectivity index (χ4v) is 4.50. The first-order valence-corrected chi connectivity index (χ1v) is 10.0. The summed E-state index contributed by atoms with van der Waals surface area (Å²) in [5.41, 5.74) is 2.03. The lowest BCUT2D eigenvalue weighted by Crippen LogP contribution is -2.42. The first-order valence-electron chi connectivity index (χ1n) is 10.0. The van der Waals surface area contributed by atoms with Crippen LogP contribution in [0.15, 0.2) is 35.1 Å². The second-order valence-corrected chi connectivity index (χ2v) is 8.09. The van der Waals surface area contributed by atoms with Crippen molar-refractivity contribution >= 4 is 27.6 Å². The maximum Gasteiger partial charge on any atom is 0.270 e. The summed E-state index contributed by atoms with van der Waals surface area (Å²) < 4.78 is 41.6. The fraction of sp³-hybridized carbons (Fsp3) is 0.217. The third kappa shape index (κ3) is 3.08. The first-order chi connectivity index (χ1) is 15.2. The number of halogens is 3. The van der Waals surface area contributed by atoms with E-state index < -0.39 is 29.1 Å². The number of benzene rings is 2. The summed E-state index contributed by atoms with van der Waals surface area (Å²) in [4.78, 5) is 32.9. The molecule has 4 aromatic rings. The molecule has 3 heterocycles. The maximum absolute atomic E-state index is 14.1. The van der Waals surface area contributed by atoms with Crippen LogP contribution in [0.5, 0.6) is 0 Å². The van der Waals surface area contributed by atoms with E-state index in [2.05, 4.69) is 15.3 Å². The monoisotopic (exact) mass is 440 g/mol. The fourth-order valence-electron chi connectivity index (χ4n) is 4.50. The van der Waals surface area contributed by atoms with Crippen LogP contribution in [0.1, 0.15) is 33.4 Å². The number of amides is 1. The van der Waals surface area contributed by atoms with Crippen molar-refractivity contribution in [3.8, 4) is 0 Å². The number of carbonyl (C=O) groups excluding carboxylic acids is 1. The Morgan fingerprint density at radius 1 is 1.00 bits per heavy atom. The van der Waals surface area contributed by atoms with Crippen molar-refractivity contribution in [1.82, 2.24) is 20.2 Å². The highest BCUT2D eigenvalue weighted by molar-refractivity contribution is 5.99. The molecule has 5 rings (SSSR count). The number of carbonyl (C=O) groups is 1. The molecule has 0 unspecified atom stereocenters. The molecule has 0 saturated heterocycles. The summed E-state index contributed by atoms with van der Waals surface area (Å²) in [5, 5.41) is 4.17. The molecule has 0 fully saturated rings. The number of aryl methyl sites for hydroxylation is 1. The molecule has 2 aromatic carbocycles. The molecule has 3 N–H and O–H groups in total. The number of nitrogens with zero attached hydrogens (tertiary/aromatic N) is 1. The molecular formula is C23H19F3N4O2. The van der Waals surface area contributed by atoms with Crippen molar-refractivity contribution < 1.29 is 18.0 Å². The van der Waals surface area contributed by atoms with Crippen molar-refractivity contribution in [2.75, 3.05) is 13.6 Å². The summed E-state index contributed by atoms with van der Waals surface area (Å²) in [7, 11) is 1.60. The Labute approximate surface area is 180 Å². The molecule has 2 aromatic heterocycles. The third-order valence-corrected chi connectivity index (χ3v) is 6.09. The van der Waals surface area contributed by atoms with Crippen LogP contribution in [0.4, 0.5) is 13.2 Å². The highest BCUT2D eigenvalue weighted by Gasteiger charge is 2.31. The van der Waals surface area contributed by atoms with E-state index in [0.29, 0.717) is 35.4 Å². The standard InChI is InChI=1S/C23H19F3N4O2/c1-10-3-11(24)4-17-12(10)7-18(28-17)23(32)30(2)20-9-27-8-19-21(20)13-5-15(25)16(26)6-14(13)22(31)29-19/h3-7,20,27-28H,8-9H2,1-2H3,(H,29,31)/t20-/m1/s1. The van der Waals surface area contributed by atoms with Gasteiger partial charge in [0.05, 0.1) is 11.4 Å². The molecule has 9 heteroatoms. The number of rotatable bonds is 2. The average Bonchev–Trinajstić information content (AvgIpc) is 3.18. The molecule has 1 atom stereocenters. The van der Waals surface area contributed by atoms with E-state index in [1.54, 1.807) is 20.0 Å². The molecule has 0 radical (unpaired) electrons. The van der Waals surface area contributed by atoms with E-state index in [-0.39, 0.29) is 22.4 Å². The van der Waals surface area contributed by atoms with Gasteiger partial charge in [-0.05, 0) is 48.2 Å². The number of aromatic nitrogens is 2. The highest BCUT2D eigenvalue weighted by atomic mass is 19.2. The lowest BCUT2D eigenvalue weighted by atomic mass is 9.93. The Morgan fingerprint density at radius 2 is 1.72 bits per heavy atom. The normalized spacial score (nSPS) is 15.8. The van der Waals surface area contributed by atoms with Gasteiger partial charge in [-0.1, -0.05) is 0 Å². The summed E-state index contributed by atoms with van der Waals surface area (Å²) in [5.74, 6) is -2.94. The zero-order valence-electron chi connectivity index (χ0n) is 17.3. The van der Waals surface area contributed by atoms with Crippen LogP contribution in [-0.4, -0.2) is 34.4 Å². The molecule has 164 valence electrons. The Kier molecular flexibility index (Phi) is 4.59. The zero-order chi connectivity index (χ0) is 22.7. The van der Waals surface area contributed by atoms with Gasteiger partial charge in [-0.3, -0.25) is 9.59 Å². The number of H-pyrrole nitrogens is 2. The van der Waals surface area contributed by atoms with Crippen molar-refractivity contribution in [1.29, 1.82) is 0 Å². The number of aromatic amines is 2. The minimum atomic E-state index is -1.11. The van der Waals surface area contributed by atoms with Crippen LogP contribution in [0.2, 0.25) is 0 Å². The van der Waals surface area contributed by atoms with Gasteiger partial charge in [0.15, 0.2) is 11.6 Å². The molecular weight excluding hydrogens is 421 g/mol. The molecule has 1 aliphatic rings. The van der Waals surface area contributed by atoms with Gasteiger partial charge in [0.25, 0.3) is 11.5 Å². The average molecular weight is 440 g/mol. The second-order valence-electron chi connectivity index (χ2n) is 8.09. The smallest absolute Gasteiger partial charge is 0.270 e. The van der Waals surface area contributed by atoms with Crippen molar-refractivity contribution in [2.45, 2.75) is 19.5 Å². The lowest BCUT2D eigenvalue weighted by Gasteiger charge is -2.34. The zero-order valence-corrected chi connectivity index (χ0v) is 17.3. The van der Waals surface area contributed by atoms with E-state index in [0.717, 1.165) is 17.5 Å². The molecule has 0 saturated carbocycles. The molecule has 0 bridgehead atoms. The van der Waals surface area contributed by atoms with E-state index in [4.69, 9.17) is 0 Å². The molecule has 1 amide bonds. The minimum absolute atomic E-state index is 0.0205. The third-order valence-electron chi connectivity index (χ3n) is 6.09. The Balaban J connectivity index is 1.62. The van der Waals surface area contributed by atoms with Gasteiger partial charge in [0.2, 0.25) is 0 Å². The van der Waals surface area contributed by atoms with Gasteiger partial charge in [-0.2, -0.15) is 0 Å². The largest absolute Gasteiger partial charge is 0.350 e. The number of hydrogen-bond acceptors (Lipinski definition) is 3. The van der Waals surface area contributed by atoms with Crippen LogP contribution in [0.25, 0.3) is 21.7 Å². The van der Waals surface area contributed by atoms with E-state index >= 15 is 0 Å². The maximum atomic E-state index is 14.1. The van der Waals surface area contributed by atoms with E-state index in [1.165, 1.54) is 17.0 Å². The second kappa shape index (κ2) is 7.23. The molecule has 0 spiro atoms. The van der Waals surface area contributed by atoms with E-state index in [1.807, 2.05) is 0 Å². The van der Waals surface area contributed by atoms with Gasteiger partial charge < -0.3 is 20.2 Å². The molecule has 6 nitrogen and oxygen atoms in total. The number of pyridine rings is 1. The van der Waals surface area contributed by atoms with E-state index in [9.17, 15) is 22.8 Å². The summed E-state index contributed by atoms with van der Waals surface area (Å²) >= 11 is 0. The number of hydrogen-bond donors (Lipinski definition) is 3. The summed E-state index contributed by atoms with van der Waals surface area (Å²) in [6.45, 7) is 2.43. The van der Waals surface area contributed by atoms with Crippen LogP contribution in [-0.2, 0) is 6.54 Å². The quantitative estimate of drug-likeness (QED) is 0.445. The van der Waals surface area contributed by atoms with Crippen LogP contribution in [0, 0.1) is 24.4 Å².